The van der Waals surface area contributed by atoms with Gasteiger partial charge in [0.15, 0.2) is 9.84 Å². The summed E-state index contributed by atoms with van der Waals surface area (Å²) in [5.74, 6) is 0.617. The number of likely N-dealkylation sites (N-methyl/N-ethyl adjacent to an activating group) is 1. The maximum atomic E-state index is 11.4. The van der Waals surface area contributed by atoms with Crippen LogP contribution in [-0.4, -0.2) is 50.0 Å². The maximum absolute atomic E-state index is 11.4. The molecule has 0 spiro atoms. The molecule has 0 amide bonds. The van der Waals surface area contributed by atoms with Crippen LogP contribution in [0.3, 0.4) is 0 Å². The van der Waals surface area contributed by atoms with Crippen LogP contribution in [0.4, 0.5) is 0 Å². The second-order valence-corrected chi connectivity index (χ2v) is 6.95. The second kappa shape index (κ2) is 4.39. The van der Waals surface area contributed by atoms with Gasteiger partial charge in [0.25, 0.3) is 0 Å². The molecular weight excluding hydrogens is 212 g/mol. The van der Waals surface area contributed by atoms with Gasteiger partial charge in [-0.3, -0.25) is 4.90 Å². The van der Waals surface area contributed by atoms with Crippen LogP contribution in [0.25, 0.3) is 0 Å². The van der Waals surface area contributed by atoms with E-state index >= 15 is 0 Å². The van der Waals surface area contributed by atoms with Gasteiger partial charge >= 0.3 is 0 Å². The summed E-state index contributed by atoms with van der Waals surface area (Å²) in [7, 11) is -0.812. The van der Waals surface area contributed by atoms with E-state index in [1.54, 1.807) is 0 Å². The van der Waals surface area contributed by atoms with E-state index in [0.717, 1.165) is 12.8 Å². The van der Waals surface area contributed by atoms with Crippen LogP contribution in [0.15, 0.2) is 0 Å². The summed E-state index contributed by atoms with van der Waals surface area (Å²) in [6, 6.07) is 0.142. The fourth-order valence-electron chi connectivity index (χ4n) is 2.06. The van der Waals surface area contributed by atoms with E-state index in [1.807, 2.05) is 7.05 Å². The first kappa shape index (κ1) is 12.9. The van der Waals surface area contributed by atoms with E-state index in [1.165, 1.54) is 0 Å². The first-order valence-electron chi connectivity index (χ1n) is 5.48. The number of rotatable bonds is 4. The highest BCUT2D eigenvalue weighted by Gasteiger charge is 2.37. The predicted molar refractivity (Wildman–Crippen MR) is 62.6 cm³/mol. The zero-order valence-corrected chi connectivity index (χ0v) is 10.7. The van der Waals surface area contributed by atoms with Gasteiger partial charge in [-0.05, 0) is 26.8 Å². The SMILES string of the molecule is CCC(C)(CN)N(C)C1CCS(=O)(=O)C1. The Morgan fingerprint density at radius 2 is 2.13 bits per heavy atom. The Balaban J connectivity index is 2.73. The first-order valence-corrected chi connectivity index (χ1v) is 7.30. The highest BCUT2D eigenvalue weighted by atomic mass is 32.2. The van der Waals surface area contributed by atoms with Crippen molar-refractivity contribution >= 4 is 9.84 Å². The molecule has 4 nitrogen and oxygen atoms in total. The molecule has 0 radical (unpaired) electrons. The van der Waals surface area contributed by atoms with E-state index in [4.69, 9.17) is 5.73 Å². The Kier molecular flexibility index (Phi) is 3.79. The van der Waals surface area contributed by atoms with Crippen molar-refractivity contribution in [3.8, 4) is 0 Å². The van der Waals surface area contributed by atoms with Crippen LogP contribution in [0.2, 0.25) is 0 Å². The minimum Gasteiger partial charge on any atom is -0.329 e. The minimum absolute atomic E-state index is 0.0788. The highest BCUT2D eigenvalue weighted by Crippen LogP contribution is 2.25. The summed E-state index contributed by atoms with van der Waals surface area (Å²) in [4.78, 5) is 2.15. The van der Waals surface area contributed by atoms with Crippen LogP contribution in [-0.2, 0) is 9.84 Å². The minimum atomic E-state index is -2.80. The topological polar surface area (TPSA) is 63.4 Å². The molecule has 0 aromatic carbocycles. The van der Waals surface area contributed by atoms with Crippen molar-refractivity contribution in [2.24, 2.45) is 5.73 Å². The fourth-order valence-corrected chi connectivity index (χ4v) is 3.83. The van der Waals surface area contributed by atoms with Crippen molar-refractivity contribution in [2.45, 2.75) is 38.3 Å². The van der Waals surface area contributed by atoms with Crippen LogP contribution >= 0.6 is 0 Å². The number of nitrogens with two attached hydrogens (primary N) is 1. The van der Waals surface area contributed by atoms with E-state index in [0.29, 0.717) is 18.1 Å². The summed E-state index contributed by atoms with van der Waals surface area (Å²) >= 11 is 0. The van der Waals surface area contributed by atoms with E-state index in [2.05, 4.69) is 18.7 Å². The largest absolute Gasteiger partial charge is 0.329 e. The average molecular weight is 234 g/mol. The van der Waals surface area contributed by atoms with Gasteiger partial charge in [0, 0.05) is 18.1 Å². The van der Waals surface area contributed by atoms with Crippen LogP contribution in [0, 0.1) is 0 Å². The second-order valence-electron chi connectivity index (χ2n) is 4.72. The summed E-state index contributed by atoms with van der Waals surface area (Å²) in [6.45, 7) is 4.75. The lowest BCUT2D eigenvalue weighted by atomic mass is 9.95. The molecule has 15 heavy (non-hydrogen) atoms. The molecule has 0 aliphatic carbocycles. The molecule has 2 atom stereocenters. The predicted octanol–water partition coefficient (Wildman–Crippen LogP) is 0.233. The highest BCUT2D eigenvalue weighted by molar-refractivity contribution is 7.91. The molecule has 0 saturated carbocycles. The van der Waals surface area contributed by atoms with Gasteiger partial charge in [-0.15, -0.1) is 0 Å². The Morgan fingerprint density at radius 1 is 1.53 bits per heavy atom. The molecule has 1 saturated heterocycles. The van der Waals surface area contributed by atoms with Crippen LogP contribution < -0.4 is 5.73 Å². The van der Waals surface area contributed by atoms with E-state index in [-0.39, 0.29) is 11.6 Å². The molecule has 1 fully saturated rings. The molecular formula is C10H22N2O2S. The zero-order chi connectivity index (χ0) is 11.7. The van der Waals surface area contributed by atoms with Gasteiger partial charge in [-0.2, -0.15) is 0 Å². The third-order valence-corrected chi connectivity index (χ3v) is 5.56. The standard InChI is InChI=1S/C10H22N2O2S/c1-4-10(2,8-11)12(3)9-5-6-15(13,14)7-9/h9H,4-8,11H2,1-3H3. The molecule has 1 aliphatic heterocycles. The van der Waals surface area contributed by atoms with E-state index < -0.39 is 9.84 Å². The van der Waals surface area contributed by atoms with E-state index in [9.17, 15) is 8.42 Å². The van der Waals surface area contributed by atoms with Crippen molar-refractivity contribution in [1.82, 2.24) is 4.90 Å². The van der Waals surface area contributed by atoms with Gasteiger partial charge in [0.2, 0.25) is 0 Å². The summed E-state index contributed by atoms with van der Waals surface area (Å²) in [5, 5.41) is 0. The lowest BCUT2D eigenvalue weighted by Gasteiger charge is -2.40. The Morgan fingerprint density at radius 3 is 2.47 bits per heavy atom. The summed E-state index contributed by atoms with van der Waals surface area (Å²) in [6.07, 6.45) is 1.69. The molecule has 0 bridgehead atoms. The van der Waals surface area contributed by atoms with Gasteiger partial charge < -0.3 is 5.73 Å². The number of nitrogens with zero attached hydrogens (tertiary/aromatic N) is 1. The molecule has 1 rings (SSSR count). The Bertz CT molecular complexity index is 309. The monoisotopic (exact) mass is 234 g/mol. The van der Waals surface area contributed by atoms with Gasteiger partial charge in [-0.1, -0.05) is 6.92 Å². The molecule has 5 heteroatoms. The van der Waals surface area contributed by atoms with Crippen molar-refractivity contribution in [1.29, 1.82) is 0 Å². The normalized spacial score (nSPS) is 29.3. The third-order valence-electron chi connectivity index (χ3n) is 3.81. The lowest BCUT2D eigenvalue weighted by molar-refractivity contribution is 0.0994. The van der Waals surface area contributed by atoms with Crippen molar-refractivity contribution in [3.63, 3.8) is 0 Å². The molecule has 0 aromatic rings. The molecule has 2 N–H and O–H groups in total. The summed E-state index contributed by atoms with van der Waals surface area (Å²) < 4.78 is 22.8. The maximum Gasteiger partial charge on any atom is 0.151 e. The van der Waals surface area contributed by atoms with Crippen molar-refractivity contribution in [2.75, 3.05) is 25.1 Å². The molecule has 90 valence electrons. The smallest absolute Gasteiger partial charge is 0.151 e. The average Bonchev–Trinajstić information content (AvgIpc) is 2.56. The number of hydrogen-bond donors (Lipinski definition) is 1. The van der Waals surface area contributed by atoms with Gasteiger partial charge in [-0.25, -0.2) is 8.42 Å². The Labute approximate surface area is 92.7 Å². The molecule has 0 aromatic heterocycles. The zero-order valence-electron chi connectivity index (χ0n) is 9.86. The third kappa shape index (κ3) is 2.71. The lowest BCUT2D eigenvalue weighted by Crippen LogP contribution is -2.53. The Hall–Kier alpha value is -0.130. The molecule has 1 aliphatic rings. The van der Waals surface area contributed by atoms with Crippen LogP contribution in [0.5, 0.6) is 0 Å². The molecule has 1 heterocycles. The van der Waals surface area contributed by atoms with Gasteiger partial charge in [0.05, 0.1) is 11.5 Å². The number of sulfone groups is 1. The quantitative estimate of drug-likeness (QED) is 0.756. The van der Waals surface area contributed by atoms with Crippen LogP contribution in [0.1, 0.15) is 26.7 Å². The summed E-state index contributed by atoms with van der Waals surface area (Å²) in [5.41, 5.74) is 5.68. The first-order chi connectivity index (χ1) is 6.84. The van der Waals surface area contributed by atoms with Crippen molar-refractivity contribution in [3.05, 3.63) is 0 Å². The van der Waals surface area contributed by atoms with Gasteiger partial charge in [0.1, 0.15) is 0 Å². The number of hydrogen-bond acceptors (Lipinski definition) is 4. The fraction of sp³-hybridized carbons (Fsp3) is 1.00. The molecule has 2 unspecified atom stereocenters. The van der Waals surface area contributed by atoms with Crippen molar-refractivity contribution < 1.29 is 8.42 Å².